The molecule has 1 aromatic carbocycles. The summed E-state index contributed by atoms with van der Waals surface area (Å²) in [6, 6.07) is 7.44. The van der Waals surface area contributed by atoms with Gasteiger partial charge in [0.2, 0.25) is 0 Å². The largest absolute Gasteiger partial charge is 0.482 e. The third kappa shape index (κ3) is 3.88. The van der Waals surface area contributed by atoms with Crippen LogP contribution in [0.4, 0.5) is 0 Å². The summed E-state index contributed by atoms with van der Waals surface area (Å²) in [4.78, 5) is 33.6. The van der Waals surface area contributed by atoms with E-state index < -0.39 is 5.97 Å². The number of aromatic amines is 1. The predicted octanol–water partition coefficient (Wildman–Crippen LogP) is 3.29. The van der Waals surface area contributed by atoms with Crippen LogP contribution in [-0.2, 0) is 29.0 Å². The number of hydrogen-bond donors (Lipinski definition) is 1. The second-order valence-electron chi connectivity index (χ2n) is 6.67. The predicted molar refractivity (Wildman–Crippen MR) is 103 cm³/mol. The van der Waals surface area contributed by atoms with Crippen molar-refractivity contribution in [2.24, 2.45) is 0 Å². The van der Waals surface area contributed by atoms with E-state index in [0.717, 1.165) is 41.6 Å². The van der Waals surface area contributed by atoms with Crippen molar-refractivity contribution in [3.8, 4) is 5.75 Å². The number of H-pyrrole nitrogens is 1. The summed E-state index contributed by atoms with van der Waals surface area (Å²) in [6.07, 6.45) is 4.21. The Balaban J connectivity index is 1.41. The Bertz CT molecular complexity index is 1050. The average Bonchev–Trinajstić information content (AvgIpc) is 3.03. The van der Waals surface area contributed by atoms with Crippen molar-refractivity contribution in [3.05, 3.63) is 56.4 Å². The first kappa shape index (κ1) is 17.7. The lowest BCUT2D eigenvalue weighted by Gasteiger charge is -2.09. The highest BCUT2D eigenvalue weighted by Crippen LogP contribution is 2.33. The van der Waals surface area contributed by atoms with Gasteiger partial charge in [-0.25, -0.2) is 9.78 Å². The zero-order chi connectivity index (χ0) is 18.8. The van der Waals surface area contributed by atoms with E-state index in [-0.39, 0.29) is 18.8 Å². The number of nitrogens with zero attached hydrogens (tertiary/aromatic N) is 1. The van der Waals surface area contributed by atoms with Gasteiger partial charge in [-0.3, -0.25) is 4.79 Å². The highest BCUT2D eigenvalue weighted by atomic mass is 32.1. The van der Waals surface area contributed by atoms with E-state index in [1.54, 1.807) is 17.4 Å². The van der Waals surface area contributed by atoms with Gasteiger partial charge in [-0.05, 0) is 55.9 Å². The first-order valence-corrected chi connectivity index (χ1v) is 9.80. The van der Waals surface area contributed by atoms with Crippen LogP contribution >= 0.6 is 11.3 Å². The molecule has 2 heterocycles. The Labute approximate surface area is 160 Å². The number of ether oxygens (including phenoxy) is 2. The number of benzene rings is 1. The maximum atomic E-state index is 12.5. The molecule has 27 heavy (non-hydrogen) atoms. The molecule has 0 spiro atoms. The Morgan fingerprint density at radius 3 is 3.00 bits per heavy atom. The first-order chi connectivity index (χ1) is 13.1. The summed E-state index contributed by atoms with van der Waals surface area (Å²) in [7, 11) is 0. The minimum atomic E-state index is -0.510. The number of hydrogen-bond acceptors (Lipinski definition) is 6. The molecule has 7 heteroatoms. The summed E-state index contributed by atoms with van der Waals surface area (Å²) < 4.78 is 10.6. The minimum Gasteiger partial charge on any atom is -0.482 e. The molecule has 4 rings (SSSR count). The van der Waals surface area contributed by atoms with E-state index in [2.05, 4.69) is 9.97 Å². The normalized spacial score (nSPS) is 13.4. The standard InChI is InChI=1S/C20H20N2O4S/c1-12-5-4-6-13(9-12)25-11-17(23)26-10-16-21-19(24)18-14-7-2-3-8-15(14)27-20(18)22-16/h4-6,9H,2-3,7-8,10-11H2,1H3,(H,21,22,24). The van der Waals surface area contributed by atoms with Crippen LogP contribution in [0.3, 0.4) is 0 Å². The van der Waals surface area contributed by atoms with Crippen LogP contribution in [0.5, 0.6) is 5.75 Å². The number of nitrogens with one attached hydrogen (secondary N) is 1. The Morgan fingerprint density at radius 2 is 2.15 bits per heavy atom. The van der Waals surface area contributed by atoms with Crippen LogP contribution in [0.2, 0.25) is 0 Å². The van der Waals surface area contributed by atoms with E-state index in [1.165, 1.54) is 4.88 Å². The smallest absolute Gasteiger partial charge is 0.344 e. The van der Waals surface area contributed by atoms with Gasteiger partial charge in [-0.15, -0.1) is 11.3 Å². The van der Waals surface area contributed by atoms with E-state index in [0.29, 0.717) is 17.0 Å². The molecule has 1 aliphatic rings. The van der Waals surface area contributed by atoms with E-state index in [9.17, 15) is 9.59 Å². The van der Waals surface area contributed by atoms with Crippen LogP contribution in [-0.4, -0.2) is 22.5 Å². The molecule has 2 aromatic heterocycles. The van der Waals surface area contributed by atoms with Crippen molar-refractivity contribution in [1.29, 1.82) is 0 Å². The van der Waals surface area contributed by atoms with Gasteiger partial charge in [0.15, 0.2) is 6.61 Å². The third-order valence-corrected chi connectivity index (χ3v) is 5.78. The number of esters is 1. The highest BCUT2D eigenvalue weighted by molar-refractivity contribution is 7.18. The van der Waals surface area contributed by atoms with Gasteiger partial charge in [0.25, 0.3) is 5.56 Å². The fourth-order valence-corrected chi connectivity index (χ4v) is 4.60. The number of thiophene rings is 1. The topological polar surface area (TPSA) is 81.3 Å². The summed E-state index contributed by atoms with van der Waals surface area (Å²) in [5.41, 5.74) is 2.04. The molecule has 140 valence electrons. The van der Waals surface area contributed by atoms with Crippen molar-refractivity contribution in [1.82, 2.24) is 9.97 Å². The number of rotatable bonds is 5. The molecular formula is C20H20N2O4S. The molecule has 6 nitrogen and oxygen atoms in total. The lowest BCUT2D eigenvalue weighted by atomic mass is 9.97. The molecule has 0 fully saturated rings. The van der Waals surface area contributed by atoms with Crippen LogP contribution in [0, 0.1) is 6.92 Å². The first-order valence-electron chi connectivity index (χ1n) is 8.98. The summed E-state index contributed by atoms with van der Waals surface area (Å²) in [5.74, 6) is 0.462. The third-order valence-electron chi connectivity index (χ3n) is 4.59. The van der Waals surface area contributed by atoms with E-state index in [4.69, 9.17) is 9.47 Å². The maximum absolute atomic E-state index is 12.5. The zero-order valence-electron chi connectivity index (χ0n) is 15.0. The number of fused-ring (bicyclic) bond motifs is 3. The molecule has 1 N–H and O–H groups in total. The molecule has 0 bridgehead atoms. The van der Waals surface area contributed by atoms with Gasteiger partial charge in [0, 0.05) is 4.88 Å². The average molecular weight is 384 g/mol. The second-order valence-corrected chi connectivity index (χ2v) is 7.75. The molecule has 0 amide bonds. The van der Waals surface area contributed by atoms with Gasteiger partial charge in [0.1, 0.15) is 23.0 Å². The summed E-state index contributed by atoms with van der Waals surface area (Å²) in [5, 5.41) is 0.701. The zero-order valence-corrected chi connectivity index (χ0v) is 15.9. The number of aromatic nitrogens is 2. The molecule has 0 saturated carbocycles. The molecule has 0 unspecified atom stereocenters. The van der Waals surface area contributed by atoms with Crippen molar-refractivity contribution in [3.63, 3.8) is 0 Å². The Kier molecular flexibility index (Phi) is 4.94. The SMILES string of the molecule is Cc1cccc(OCC(=O)OCc2nc3sc4c(c3c(=O)[nH]2)CCCC4)c1. The molecule has 1 aliphatic carbocycles. The summed E-state index contributed by atoms with van der Waals surface area (Å²) in [6.45, 7) is 1.68. The lowest BCUT2D eigenvalue weighted by Crippen LogP contribution is -2.18. The Morgan fingerprint density at radius 1 is 1.30 bits per heavy atom. The van der Waals surface area contributed by atoms with Crippen LogP contribution < -0.4 is 10.3 Å². The van der Waals surface area contributed by atoms with Gasteiger partial charge < -0.3 is 14.5 Å². The van der Waals surface area contributed by atoms with Gasteiger partial charge in [-0.1, -0.05) is 12.1 Å². The molecule has 0 atom stereocenters. The van der Waals surface area contributed by atoms with Crippen LogP contribution in [0.15, 0.2) is 29.1 Å². The minimum absolute atomic E-state index is 0.0796. The fraction of sp³-hybridized carbons (Fsp3) is 0.350. The molecule has 0 saturated heterocycles. The van der Waals surface area contributed by atoms with Crippen LogP contribution in [0.25, 0.3) is 10.2 Å². The summed E-state index contributed by atoms with van der Waals surface area (Å²) >= 11 is 1.57. The van der Waals surface area contributed by atoms with Crippen molar-refractivity contribution >= 4 is 27.5 Å². The molecular weight excluding hydrogens is 364 g/mol. The fourth-order valence-electron chi connectivity index (χ4n) is 3.31. The Hall–Kier alpha value is -2.67. The maximum Gasteiger partial charge on any atom is 0.344 e. The van der Waals surface area contributed by atoms with Crippen LogP contribution in [0.1, 0.15) is 34.7 Å². The molecule has 3 aromatic rings. The van der Waals surface area contributed by atoms with Crippen molar-refractivity contribution in [2.45, 2.75) is 39.2 Å². The highest BCUT2D eigenvalue weighted by Gasteiger charge is 2.20. The number of carbonyl (C=O) groups excluding carboxylic acids is 1. The number of carbonyl (C=O) groups is 1. The van der Waals surface area contributed by atoms with Gasteiger partial charge in [0.05, 0.1) is 5.39 Å². The monoisotopic (exact) mass is 384 g/mol. The molecule has 0 radical (unpaired) electrons. The quantitative estimate of drug-likeness (QED) is 0.683. The van der Waals surface area contributed by atoms with E-state index >= 15 is 0 Å². The van der Waals surface area contributed by atoms with Crippen molar-refractivity contribution < 1.29 is 14.3 Å². The molecule has 0 aliphatic heterocycles. The van der Waals surface area contributed by atoms with Gasteiger partial charge in [-0.2, -0.15) is 0 Å². The number of aryl methyl sites for hydroxylation is 3. The van der Waals surface area contributed by atoms with Crippen molar-refractivity contribution in [2.75, 3.05) is 6.61 Å². The van der Waals surface area contributed by atoms with Gasteiger partial charge >= 0.3 is 5.97 Å². The second kappa shape index (κ2) is 7.52. The lowest BCUT2D eigenvalue weighted by molar-refractivity contribution is -0.147. The van der Waals surface area contributed by atoms with E-state index in [1.807, 2.05) is 25.1 Å².